The Morgan fingerprint density at radius 1 is 1.44 bits per heavy atom. The lowest BCUT2D eigenvalue weighted by Gasteiger charge is -2.29. The molecule has 1 rings (SSSR count). The van der Waals surface area contributed by atoms with Gasteiger partial charge >= 0.3 is 0 Å². The van der Waals surface area contributed by atoms with Gasteiger partial charge in [0.25, 0.3) is 5.91 Å². The standard InChI is InChI=1S/C13H18BrNO3/c1-13(7-8-16,9-18-2)15-12(17)10-3-5-11(14)6-4-10/h3-6,16H,7-9H2,1-2H3,(H,15,17). The van der Waals surface area contributed by atoms with E-state index >= 15 is 0 Å². The molecule has 0 radical (unpaired) electrons. The van der Waals surface area contributed by atoms with E-state index in [9.17, 15) is 4.79 Å². The highest BCUT2D eigenvalue weighted by molar-refractivity contribution is 9.10. The number of hydrogen-bond donors (Lipinski definition) is 2. The van der Waals surface area contributed by atoms with Gasteiger partial charge in [-0.3, -0.25) is 4.79 Å². The van der Waals surface area contributed by atoms with Crippen LogP contribution in [0, 0.1) is 0 Å². The number of aliphatic hydroxyl groups is 1. The second kappa shape index (κ2) is 6.87. The summed E-state index contributed by atoms with van der Waals surface area (Å²) >= 11 is 3.32. The zero-order chi connectivity index (χ0) is 13.6. The second-order valence-corrected chi connectivity index (χ2v) is 5.34. The predicted molar refractivity (Wildman–Crippen MR) is 73.6 cm³/mol. The van der Waals surface area contributed by atoms with Crippen LogP contribution in [0.2, 0.25) is 0 Å². The van der Waals surface area contributed by atoms with Gasteiger partial charge in [-0.15, -0.1) is 0 Å². The Hall–Kier alpha value is -0.910. The number of rotatable bonds is 6. The van der Waals surface area contributed by atoms with Crippen LogP contribution in [0.25, 0.3) is 0 Å². The normalized spacial score (nSPS) is 14.0. The maximum atomic E-state index is 12.1. The van der Waals surface area contributed by atoms with Crippen LogP contribution in [-0.4, -0.2) is 36.9 Å². The fourth-order valence-electron chi connectivity index (χ4n) is 1.68. The third kappa shape index (κ3) is 4.40. The highest BCUT2D eigenvalue weighted by Gasteiger charge is 2.26. The Labute approximate surface area is 115 Å². The number of nitrogens with one attached hydrogen (secondary N) is 1. The number of ether oxygens (including phenoxy) is 1. The van der Waals surface area contributed by atoms with Crippen molar-refractivity contribution in [3.8, 4) is 0 Å². The predicted octanol–water partition coefficient (Wildman–Crippen LogP) is 1.97. The smallest absolute Gasteiger partial charge is 0.251 e. The van der Waals surface area contributed by atoms with Crippen molar-refractivity contribution >= 4 is 21.8 Å². The Morgan fingerprint density at radius 3 is 2.56 bits per heavy atom. The van der Waals surface area contributed by atoms with Gasteiger partial charge in [-0.25, -0.2) is 0 Å². The highest BCUT2D eigenvalue weighted by Crippen LogP contribution is 2.14. The summed E-state index contributed by atoms with van der Waals surface area (Å²) in [6, 6.07) is 7.11. The van der Waals surface area contributed by atoms with E-state index in [0.29, 0.717) is 18.6 Å². The molecular weight excluding hydrogens is 298 g/mol. The topological polar surface area (TPSA) is 58.6 Å². The molecule has 1 aromatic rings. The maximum Gasteiger partial charge on any atom is 0.251 e. The summed E-state index contributed by atoms with van der Waals surface area (Å²) in [5, 5.41) is 11.9. The van der Waals surface area contributed by atoms with Gasteiger partial charge in [-0.05, 0) is 37.6 Å². The Morgan fingerprint density at radius 2 is 2.06 bits per heavy atom. The molecule has 0 aliphatic carbocycles. The van der Waals surface area contributed by atoms with E-state index in [2.05, 4.69) is 21.2 Å². The lowest BCUT2D eigenvalue weighted by atomic mass is 9.98. The molecule has 100 valence electrons. The molecule has 1 aromatic carbocycles. The summed E-state index contributed by atoms with van der Waals surface area (Å²) in [4.78, 5) is 12.1. The van der Waals surface area contributed by atoms with Crippen molar-refractivity contribution in [2.75, 3.05) is 20.3 Å². The molecule has 0 aromatic heterocycles. The molecule has 0 aliphatic rings. The summed E-state index contributed by atoms with van der Waals surface area (Å²) in [6.07, 6.45) is 0.448. The van der Waals surface area contributed by atoms with Crippen LogP contribution in [0.1, 0.15) is 23.7 Å². The third-order valence-corrected chi connectivity index (χ3v) is 3.18. The van der Waals surface area contributed by atoms with Crippen molar-refractivity contribution < 1.29 is 14.6 Å². The average Bonchev–Trinajstić information content (AvgIpc) is 2.30. The number of halogens is 1. The minimum absolute atomic E-state index is 0.000474. The molecule has 0 saturated heterocycles. The van der Waals surface area contributed by atoms with Crippen molar-refractivity contribution in [3.63, 3.8) is 0 Å². The highest BCUT2D eigenvalue weighted by atomic mass is 79.9. The first-order chi connectivity index (χ1) is 8.50. The lowest BCUT2D eigenvalue weighted by Crippen LogP contribution is -2.50. The van der Waals surface area contributed by atoms with Gasteiger partial charge in [0, 0.05) is 23.8 Å². The number of aliphatic hydroxyl groups excluding tert-OH is 1. The minimum atomic E-state index is -0.562. The quantitative estimate of drug-likeness (QED) is 0.843. The molecule has 0 saturated carbocycles. The zero-order valence-corrected chi connectivity index (χ0v) is 12.2. The molecule has 18 heavy (non-hydrogen) atoms. The van der Waals surface area contributed by atoms with E-state index in [1.807, 2.05) is 19.1 Å². The number of benzene rings is 1. The summed E-state index contributed by atoms with van der Waals surface area (Å²) in [7, 11) is 1.57. The fourth-order valence-corrected chi connectivity index (χ4v) is 1.95. The van der Waals surface area contributed by atoms with Crippen LogP contribution in [0.4, 0.5) is 0 Å². The fraction of sp³-hybridized carbons (Fsp3) is 0.462. The number of hydrogen-bond acceptors (Lipinski definition) is 3. The molecule has 0 aliphatic heterocycles. The third-order valence-electron chi connectivity index (χ3n) is 2.65. The molecule has 5 heteroatoms. The Bertz CT molecular complexity index is 386. The Kier molecular flexibility index (Phi) is 5.78. The van der Waals surface area contributed by atoms with E-state index in [-0.39, 0.29) is 12.5 Å². The Balaban J connectivity index is 2.74. The van der Waals surface area contributed by atoms with Gasteiger partial charge in [-0.1, -0.05) is 15.9 Å². The lowest BCUT2D eigenvalue weighted by molar-refractivity contribution is 0.0725. The van der Waals surface area contributed by atoms with E-state index < -0.39 is 5.54 Å². The monoisotopic (exact) mass is 315 g/mol. The summed E-state index contributed by atoms with van der Waals surface area (Å²) in [6.45, 7) is 2.21. The van der Waals surface area contributed by atoms with Crippen molar-refractivity contribution in [2.24, 2.45) is 0 Å². The molecule has 0 spiro atoms. The van der Waals surface area contributed by atoms with Crippen molar-refractivity contribution in [2.45, 2.75) is 18.9 Å². The number of amides is 1. The average molecular weight is 316 g/mol. The summed E-state index contributed by atoms with van der Waals surface area (Å²) in [5.41, 5.74) is 0.0201. The van der Waals surface area contributed by atoms with E-state index in [0.717, 1.165) is 4.47 Å². The van der Waals surface area contributed by atoms with Crippen LogP contribution in [0.3, 0.4) is 0 Å². The van der Waals surface area contributed by atoms with Crippen LogP contribution in [0.5, 0.6) is 0 Å². The van der Waals surface area contributed by atoms with E-state index in [4.69, 9.17) is 9.84 Å². The molecule has 2 N–H and O–H groups in total. The minimum Gasteiger partial charge on any atom is -0.396 e. The molecule has 0 fully saturated rings. The van der Waals surface area contributed by atoms with Crippen molar-refractivity contribution in [1.29, 1.82) is 0 Å². The van der Waals surface area contributed by atoms with Gasteiger partial charge in [0.2, 0.25) is 0 Å². The molecule has 0 heterocycles. The molecule has 4 nitrogen and oxygen atoms in total. The first-order valence-electron chi connectivity index (χ1n) is 5.68. The second-order valence-electron chi connectivity index (χ2n) is 4.43. The van der Waals surface area contributed by atoms with E-state index in [1.165, 1.54) is 0 Å². The van der Waals surface area contributed by atoms with Crippen LogP contribution < -0.4 is 5.32 Å². The SMILES string of the molecule is COCC(C)(CCO)NC(=O)c1ccc(Br)cc1. The first kappa shape index (κ1) is 15.1. The maximum absolute atomic E-state index is 12.1. The molecule has 1 atom stereocenters. The van der Waals surface area contributed by atoms with Crippen LogP contribution >= 0.6 is 15.9 Å². The largest absolute Gasteiger partial charge is 0.396 e. The molecular formula is C13H18BrNO3. The van der Waals surface area contributed by atoms with E-state index in [1.54, 1.807) is 19.2 Å². The van der Waals surface area contributed by atoms with Crippen molar-refractivity contribution in [3.05, 3.63) is 34.3 Å². The van der Waals surface area contributed by atoms with Gasteiger partial charge in [0.1, 0.15) is 0 Å². The van der Waals surface area contributed by atoms with Crippen molar-refractivity contribution in [1.82, 2.24) is 5.32 Å². The molecule has 1 amide bonds. The number of carbonyl (C=O) groups is 1. The first-order valence-corrected chi connectivity index (χ1v) is 6.48. The van der Waals surface area contributed by atoms with Crippen LogP contribution in [-0.2, 0) is 4.74 Å². The van der Waals surface area contributed by atoms with Gasteiger partial charge in [0.15, 0.2) is 0 Å². The molecule has 1 unspecified atom stereocenters. The number of carbonyl (C=O) groups excluding carboxylic acids is 1. The number of methoxy groups -OCH3 is 1. The molecule has 0 bridgehead atoms. The van der Waals surface area contributed by atoms with Gasteiger partial charge in [0.05, 0.1) is 12.1 Å². The van der Waals surface area contributed by atoms with Gasteiger partial charge < -0.3 is 15.2 Å². The summed E-state index contributed by atoms with van der Waals surface area (Å²) < 4.78 is 6.01. The zero-order valence-electron chi connectivity index (χ0n) is 10.6. The van der Waals surface area contributed by atoms with Crippen LogP contribution in [0.15, 0.2) is 28.7 Å². The summed E-state index contributed by atoms with van der Waals surface area (Å²) in [5.74, 6) is -0.171. The van der Waals surface area contributed by atoms with Gasteiger partial charge in [-0.2, -0.15) is 0 Å².